The van der Waals surface area contributed by atoms with Gasteiger partial charge in [-0.1, -0.05) is 0 Å². The van der Waals surface area contributed by atoms with Crippen molar-refractivity contribution in [2.75, 3.05) is 19.0 Å². The van der Waals surface area contributed by atoms with Crippen molar-refractivity contribution in [3.05, 3.63) is 36.2 Å². The molecule has 0 unspecified atom stereocenters. The van der Waals surface area contributed by atoms with Crippen molar-refractivity contribution < 1.29 is 18.7 Å². The third-order valence-corrected chi connectivity index (χ3v) is 3.89. The maximum absolute atomic E-state index is 13.9. The van der Waals surface area contributed by atoms with E-state index in [1.807, 2.05) is 6.92 Å². The van der Waals surface area contributed by atoms with Crippen LogP contribution in [0.25, 0.3) is 11.3 Å². The Labute approximate surface area is 164 Å². The fraction of sp³-hybridized carbons (Fsp3) is 0.450. The molecule has 7 nitrogen and oxygen atoms in total. The van der Waals surface area contributed by atoms with Gasteiger partial charge in [-0.3, -0.25) is 5.32 Å². The number of carbonyl (C=O) groups excluding carboxylic acids is 1. The van der Waals surface area contributed by atoms with E-state index >= 15 is 0 Å². The molecule has 0 saturated carbocycles. The molecule has 0 spiro atoms. The molecule has 0 saturated heterocycles. The van der Waals surface area contributed by atoms with Gasteiger partial charge in [0.25, 0.3) is 0 Å². The van der Waals surface area contributed by atoms with Gasteiger partial charge in [-0.2, -0.15) is 0 Å². The standard InChI is InChI=1S/C20H27FN4O3/c1-13-16(28-12-20(4,22)11-19(2,3)21)7-6-15(24-13)14-8-9-23-17(10-14)25-18(26)27-5/h6-10H,11-12,22H2,1-5H3,(H,23,25,26)/t20-/m0/s1. The molecule has 1 atom stereocenters. The average Bonchev–Trinajstić information content (AvgIpc) is 2.58. The van der Waals surface area contributed by atoms with Crippen LogP contribution >= 0.6 is 0 Å². The summed E-state index contributed by atoms with van der Waals surface area (Å²) in [6, 6.07) is 7.07. The van der Waals surface area contributed by atoms with Gasteiger partial charge < -0.3 is 15.2 Å². The Bertz CT molecular complexity index is 834. The molecule has 0 aromatic carbocycles. The number of ether oxygens (including phenoxy) is 2. The van der Waals surface area contributed by atoms with Crippen LogP contribution in [-0.2, 0) is 4.74 Å². The Morgan fingerprint density at radius 1 is 1.29 bits per heavy atom. The van der Waals surface area contributed by atoms with Crippen LogP contribution in [-0.4, -0.2) is 41.0 Å². The first-order chi connectivity index (χ1) is 13.0. The highest BCUT2D eigenvalue weighted by Gasteiger charge is 2.30. The van der Waals surface area contributed by atoms with Gasteiger partial charge in [0, 0.05) is 18.2 Å². The molecule has 3 N–H and O–H groups in total. The number of hydrogen-bond acceptors (Lipinski definition) is 6. The normalized spacial score (nSPS) is 13.5. The fourth-order valence-electron chi connectivity index (χ4n) is 2.93. The van der Waals surface area contributed by atoms with Crippen molar-refractivity contribution >= 4 is 11.9 Å². The van der Waals surface area contributed by atoms with E-state index in [9.17, 15) is 9.18 Å². The topological polar surface area (TPSA) is 99.4 Å². The summed E-state index contributed by atoms with van der Waals surface area (Å²) < 4.78 is 24.2. The average molecular weight is 390 g/mol. The van der Waals surface area contributed by atoms with Gasteiger partial charge in [-0.25, -0.2) is 19.2 Å². The molecule has 0 bridgehead atoms. The first-order valence-electron chi connectivity index (χ1n) is 8.89. The van der Waals surface area contributed by atoms with Crippen molar-refractivity contribution in [2.45, 2.75) is 45.3 Å². The first kappa shape index (κ1) is 21.6. The molecule has 2 rings (SSSR count). The first-order valence-corrected chi connectivity index (χ1v) is 8.89. The zero-order valence-corrected chi connectivity index (χ0v) is 16.9. The number of carbonyl (C=O) groups is 1. The number of nitrogens with zero attached hydrogens (tertiary/aromatic N) is 2. The van der Waals surface area contributed by atoms with Crippen molar-refractivity contribution in [3.63, 3.8) is 0 Å². The van der Waals surface area contributed by atoms with Gasteiger partial charge in [0.15, 0.2) is 0 Å². The number of nitrogens with two attached hydrogens (primary N) is 1. The zero-order valence-electron chi connectivity index (χ0n) is 16.9. The lowest BCUT2D eigenvalue weighted by Crippen LogP contribution is -2.46. The minimum atomic E-state index is -1.37. The van der Waals surface area contributed by atoms with Gasteiger partial charge in [-0.05, 0) is 52.0 Å². The molecule has 2 aromatic rings. The van der Waals surface area contributed by atoms with Crippen LogP contribution < -0.4 is 15.8 Å². The van der Waals surface area contributed by atoms with Crippen molar-refractivity contribution in [2.24, 2.45) is 5.73 Å². The largest absolute Gasteiger partial charge is 0.490 e. The second kappa shape index (κ2) is 8.52. The SMILES string of the molecule is COC(=O)Nc1cc(-c2ccc(OC[C@@](C)(N)CC(C)(C)F)c(C)n2)ccn1. The summed E-state index contributed by atoms with van der Waals surface area (Å²) in [4.78, 5) is 19.9. The number of aryl methyl sites for hydroxylation is 1. The van der Waals surface area contributed by atoms with Crippen LogP contribution in [0.2, 0.25) is 0 Å². The maximum Gasteiger partial charge on any atom is 0.412 e. The number of hydrogen-bond donors (Lipinski definition) is 2. The van der Waals surface area contributed by atoms with Crippen LogP contribution in [0.5, 0.6) is 5.75 Å². The lowest BCUT2D eigenvalue weighted by molar-refractivity contribution is 0.124. The molecule has 2 aromatic heterocycles. The molecule has 0 aliphatic rings. The number of pyridine rings is 2. The van der Waals surface area contributed by atoms with Crippen molar-refractivity contribution in [3.8, 4) is 17.0 Å². The molecule has 2 heterocycles. The third kappa shape index (κ3) is 6.45. The number of halogens is 1. The van der Waals surface area contributed by atoms with Gasteiger partial charge in [0.05, 0.1) is 24.0 Å². The van der Waals surface area contributed by atoms with Gasteiger partial charge >= 0.3 is 6.09 Å². The molecule has 0 aliphatic heterocycles. The fourth-order valence-corrected chi connectivity index (χ4v) is 2.93. The van der Waals surface area contributed by atoms with Gasteiger partial charge in [-0.15, -0.1) is 0 Å². The van der Waals surface area contributed by atoms with Gasteiger partial charge in [0.2, 0.25) is 0 Å². The molecule has 0 aliphatic carbocycles. The van der Waals surface area contributed by atoms with Crippen LogP contribution in [0.4, 0.5) is 15.0 Å². The quantitative estimate of drug-likeness (QED) is 0.745. The zero-order chi connectivity index (χ0) is 20.9. The summed E-state index contributed by atoms with van der Waals surface area (Å²) in [5.41, 5.74) is 6.12. The van der Waals surface area contributed by atoms with E-state index in [-0.39, 0.29) is 13.0 Å². The van der Waals surface area contributed by atoms with E-state index in [4.69, 9.17) is 10.5 Å². The summed E-state index contributed by atoms with van der Waals surface area (Å²) in [5.74, 6) is 0.941. The number of anilines is 1. The minimum Gasteiger partial charge on any atom is -0.490 e. The lowest BCUT2D eigenvalue weighted by Gasteiger charge is -2.29. The minimum absolute atomic E-state index is 0.171. The molecule has 152 valence electrons. The number of nitrogens with one attached hydrogen (secondary N) is 1. The monoisotopic (exact) mass is 390 g/mol. The second-order valence-corrected chi connectivity index (χ2v) is 7.66. The van der Waals surface area contributed by atoms with E-state index in [1.54, 1.807) is 37.4 Å². The molecule has 0 fully saturated rings. The number of methoxy groups -OCH3 is 1. The highest BCUT2D eigenvalue weighted by Crippen LogP contribution is 2.26. The third-order valence-electron chi connectivity index (χ3n) is 3.89. The van der Waals surface area contributed by atoms with E-state index in [2.05, 4.69) is 20.0 Å². The van der Waals surface area contributed by atoms with Crippen molar-refractivity contribution in [1.82, 2.24) is 9.97 Å². The van der Waals surface area contributed by atoms with E-state index < -0.39 is 17.3 Å². The Morgan fingerprint density at radius 3 is 2.61 bits per heavy atom. The summed E-state index contributed by atoms with van der Waals surface area (Å²) in [6.07, 6.45) is 1.15. The smallest absolute Gasteiger partial charge is 0.412 e. The van der Waals surface area contributed by atoms with E-state index in [0.29, 0.717) is 23.0 Å². The second-order valence-electron chi connectivity index (χ2n) is 7.66. The summed E-state index contributed by atoms with van der Waals surface area (Å²) in [6.45, 7) is 6.75. The summed E-state index contributed by atoms with van der Waals surface area (Å²) in [7, 11) is 1.28. The van der Waals surface area contributed by atoms with Crippen LogP contribution in [0.3, 0.4) is 0 Å². The molecule has 0 radical (unpaired) electrons. The van der Waals surface area contributed by atoms with Crippen molar-refractivity contribution in [1.29, 1.82) is 0 Å². The van der Waals surface area contributed by atoms with E-state index in [1.165, 1.54) is 21.0 Å². The molecule has 1 amide bonds. The highest BCUT2D eigenvalue weighted by molar-refractivity contribution is 5.84. The number of amides is 1. The number of rotatable bonds is 7. The Kier molecular flexibility index (Phi) is 6.56. The predicted octanol–water partition coefficient (Wildman–Crippen LogP) is 3.86. The molecule has 28 heavy (non-hydrogen) atoms. The number of alkyl halides is 1. The predicted molar refractivity (Wildman–Crippen MR) is 106 cm³/mol. The van der Waals surface area contributed by atoms with Crippen LogP contribution in [0, 0.1) is 6.92 Å². The van der Waals surface area contributed by atoms with Gasteiger partial charge in [0.1, 0.15) is 23.8 Å². The molecular weight excluding hydrogens is 363 g/mol. The Balaban J connectivity index is 2.12. The summed E-state index contributed by atoms with van der Waals surface area (Å²) in [5, 5.41) is 2.51. The maximum atomic E-state index is 13.9. The highest BCUT2D eigenvalue weighted by atomic mass is 19.1. The van der Waals surface area contributed by atoms with Crippen LogP contribution in [0.15, 0.2) is 30.5 Å². The lowest BCUT2D eigenvalue weighted by atomic mass is 9.91. The number of aromatic nitrogens is 2. The Hall–Kier alpha value is -2.74. The molecular formula is C20H27FN4O3. The summed E-state index contributed by atoms with van der Waals surface area (Å²) >= 11 is 0. The Morgan fingerprint density at radius 2 is 2.00 bits per heavy atom. The van der Waals surface area contributed by atoms with E-state index in [0.717, 1.165) is 5.56 Å². The van der Waals surface area contributed by atoms with Crippen LogP contribution in [0.1, 0.15) is 32.9 Å². The molecule has 8 heteroatoms.